The van der Waals surface area contributed by atoms with Gasteiger partial charge in [-0.25, -0.2) is 0 Å². The van der Waals surface area contributed by atoms with Crippen molar-refractivity contribution in [3.63, 3.8) is 0 Å². The number of hydrogen-bond donors (Lipinski definition) is 1. The Bertz CT molecular complexity index is 1650. The molecule has 0 spiro atoms. The number of aromatic nitrogens is 1. The van der Waals surface area contributed by atoms with E-state index < -0.39 is 11.5 Å². The standard InChI is InChI=1S/C26H22N4O5S/c1-32-18-9-5-7-14(22(18)34-3)11-20-25(31)30-24(29)16(12-27)21(17(13-28)26(30)36-20)15-8-6-10-19(33-2)23(15)35-4/h5-11,21H,29H2,1-4H3/b20-11-. The Morgan fingerprint density at radius 2 is 1.53 bits per heavy atom. The molecule has 1 aliphatic heterocycles. The van der Waals surface area contributed by atoms with E-state index in [1.54, 1.807) is 42.5 Å². The Hall–Kier alpha value is -4.67. The molecule has 4 rings (SSSR count). The van der Waals surface area contributed by atoms with Crippen LogP contribution in [0.2, 0.25) is 0 Å². The quantitative estimate of drug-likeness (QED) is 0.540. The summed E-state index contributed by atoms with van der Waals surface area (Å²) in [5, 5.41) is 20.3. The lowest BCUT2D eigenvalue weighted by molar-refractivity contribution is 0.351. The predicted molar refractivity (Wildman–Crippen MR) is 135 cm³/mol. The molecule has 2 N–H and O–H groups in total. The fraction of sp³-hybridized carbons (Fsp3) is 0.192. The highest BCUT2D eigenvalue weighted by Crippen LogP contribution is 2.43. The van der Waals surface area contributed by atoms with Crippen molar-refractivity contribution in [2.45, 2.75) is 5.92 Å². The van der Waals surface area contributed by atoms with E-state index in [4.69, 9.17) is 24.7 Å². The van der Waals surface area contributed by atoms with Crippen molar-refractivity contribution in [2.75, 3.05) is 28.4 Å². The molecule has 0 saturated heterocycles. The molecule has 0 aliphatic carbocycles. The third-order valence-electron chi connectivity index (χ3n) is 5.85. The van der Waals surface area contributed by atoms with Gasteiger partial charge in [-0.05, 0) is 18.2 Å². The molecule has 182 valence electrons. The molecule has 1 aromatic heterocycles. The van der Waals surface area contributed by atoms with E-state index in [2.05, 4.69) is 12.1 Å². The Morgan fingerprint density at radius 1 is 0.917 bits per heavy atom. The second-order valence-electron chi connectivity index (χ2n) is 7.59. The van der Waals surface area contributed by atoms with Crippen molar-refractivity contribution in [3.8, 4) is 35.1 Å². The largest absolute Gasteiger partial charge is 0.493 e. The van der Waals surface area contributed by atoms with Gasteiger partial charge in [0.2, 0.25) is 0 Å². The summed E-state index contributed by atoms with van der Waals surface area (Å²) in [4.78, 5) is 13.5. The van der Waals surface area contributed by atoms with Crippen LogP contribution in [0.15, 0.2) is 46.8 Å². The van der Waals surface area contributed by atoms with Crippen LogP contribution in [0, 0.1) is 22.7 Å². The zero-order valence-electron chi connectivity index (χ0n) is 20.0. The number of nitrogens with two attached hydrogens (primary N) is 1. The lowest BCUT2D eigenvalue weighted by atomic mass is 9.84. The summed E-state index contributed by atoms with van der Waals surface area (Å²) in [6.45, 7) is 0. The van der Waals surface area contributed by atoms with Crippen LogP contribution in [0.5, 0.6) is 23.0 Å². The summed E-state index contributed by atoms with van der Waals surface area (Å²) < 4.78 is 23.7. The van der Waals surface area contributed by atoms with Gasteiger partial charge in [-0.1, -0.05) is 24.3 Å². The van der Waals surface area contributed by atoms with E-state index in [-0.39, 0.29) is 17.0 Å². The Balaban J connectivity index is 2.08. The minimum atomic E-state index is -0.845. The number of benzene rings is 2. The molecule has 3 aromatic rings. The lowest BCUT2D eigenvalue weighted by Crippen LogP contribution is -2.38. The van der Waals surface area contributed by atoms with Crippen LogP contribution in [0.3, 0.4) is 0 Å². The lowest BCUT2D eigenvalue weighted by Gasteiger charge is -2.24. The van der Waals surface area contributed by atoms with Gasteiger partial charge in [0.15, 0.2) is 23.0 Å². The van der Waals surface area contributed by atoms with Crippen LogP contribution in [0.4, 0.5) is 0 Å². The molecule has 2 heterocycles. The van der Waals surface area contributed by atoms with Gasteiger partial charge in [-0.15, -0.1) is 11.3 Å². The van der Waals surface area contributed by atoms with Crippen LogP contribution < -0.4 is 39.4 Å². The van der Waals surface area contributed by atoms with Gasteiger partial charge >= 0.3 is 0 Å². The summed E-state index contributed by atoms with van der Waals surface area (Å²) in [6, 6.07) is 14.8. The van der Waals surface area contributed by atoms with Gasteiger partial charge in [-0.3, -0.25) is 9.36 Å². The molecule has 9 nitrogen and oxygen atoms in total. The number of nitriles is 2. The number of methoxy groups -OCH3 is 4. The summed E-state index contributed by atoms with van der Waals surface area (Å²) in [5.41, 5.74) is 7.35. The molecular formula is C26H22N4O5S. The molecule has 0 radical (unpaired) electrons. The minimum Gasteiger partial charge on any atom is -0.493 e. The van der Waals surface area contributed by atoms with Crippen molar-refractivity contribution < 1.29 is 18.9 Å². The Labute approximate surface area is 210 Å². The van der Waals surface area contributed by atoms with Crippen molar-refractivity contribution in [2.24, 2.45) is 5.73 Å². The SMILES string of the molecule is COc1cccc(/C=c2\sc3n(c2=O)C(N)=C(C#N)C(c2cccc(OC)c2OC)C=3C#N)c1OC. The van der Waals surface area contributed by atoms with Gasteiger partial charge < -0.3 is 24.7 Å². The van der Waals surface area contributed by atoms with Gasteiger partial charge in [0.25, 0.3) is 5.56 Å². The Morgan fingerprint density at radius 3 is 2.11 bits per heavy atom. The summed E-state index contributed by atoms with van der Waals surface area (Å²) in [5.74, 6) is 0.894. The molecule has 1 unspecified atom stereocenters. The topological polar surface area (TPSA) is 133 Å². The van der Waals surface area contributed by atoms with E-state index in [1.165, 1.54) is 33.0 Å². The Kier molecular flexibility index (Phi) is 6.73. The van der Waals surface area contributed by atoms with E-state index in [9.17, 15) is 15.3 Å². The minimum absolute atomic E-state index is 0.0418. The predicted octanol–water partition coefficient (Wildman–Crippen LogP) is 1.90. The first kappa shape index (κ1) is 24.5. The average Bonchev–Trinajstić information content (AvgIpc) is 3.23. The third-order valence-corrected chi connectivity index (χ3v) is 6.96. The van der Waals surface area contributed by atoms with Crippen molar-refractivity contribution in [3.05, 3.63) is 72.6 Å². The summed E-state index contributed by atoms with van der Waals surface area (Å²) in [7, 11) is 6.01. The highest BCUT2D eigenvalue weighted by molar-refractivity contribution is 7.07. The monoisotopic (exact) mass is 502 g/mol. The molecule has 0 saturated carbocycles. The van der Waals surface area contributed by atoms with Crippen LogP contribution in [0.25, 0.3) is 17.5 Å². The smallest absolute Gasteiger partial charge is 0.274 e. The number of thiazole rings is 1. The molecule has 0 fully saturated rings. The number of fused-ring (bicyclic) bond motifs is 1. The maximum Gasteiger partial charge on any atom is 0.274 e. The van der Waals surface area contributed by atoms with Crippen molar-refractivity contribution in [1.82, 2.24) is 4.57 Å². The summed E-state index contributed by atoms with van der Waals surface area (Å²) >= 11 is 1.10. The van der Waals surface area contributed by atoms with E-state index in [1.807, 2.05) is 0 Å². The summed E-state index contributed by atoms with van der Waals surface area (Å²) in [6.07, 6.45) is 1.65. The highest BCUT2D eigenvalue weighted by atomic mass is 32.1. The van der Waals surface area contributed by atoms with Gasteiger partial charge in [0.1, 0.15) is 10.5 Å². The second-order valence-corrected chi connectivity index (χ2v) is 8.62. The maximum atomic E-state index is 13.5. The fourth-order valence-electron chi connectivity index (χ4n) is 4.27. The number of hydrogen-bond acceptors (Lipinski definition) is 9. The third kappa shape index (κ3) is 3.74. The fourth-order valence-corrected chi connectivity index (χ4v) is 5.39. The van der Waals surface area contributed by atoms with E-state index in [0.717, 1.165) is 11.3 Å². The molecule has 1 aliphatic rings. The number of ether oxygens (including phenoxy) is 4. The zero-order chi connectivity index (χ0) is 26.0. The number of nitrogens with zero attached hydrogens (tertiary/aromatic N) is 3. The highest BCUT2D eigenvalue weighted by Gasteiger charge is 2.34. The molecule has 0 bridgehead atoms. The average molecular weight is 503 g/mol. The number of rotatable bonds is 6. The first-order valence-corrected chi connectivity index (χ1v) is 11.5. The second kappa shape index (κ2) is 9.90. The molecule has 2 aromatic carbocycles. The van der Waals surface area contributed by atoms with Crippen molar-refractivity contribution in [1.29, 1.82) is 10.5 Å². The maximum absolute atomic E-state index is 13.5. The number of para-hydroxylation sites is 2. The first-order valence-electron chi connectivity index (χ1n) is 10.6. The van der Waals surface area contributed by atoms with E-state index >= 15 is 0 Å². The first-order chi connectivity index (χ1) is 17.4. The number of allylic oxidation sites excluding steroid dienone is 1. The zero-order valence-corrected chi connectivity index (χ0v) is 20.8. The van der Waals surface area contributed by atoms with Crippen LogP contribution in [-0.4, -0.2) is 33.0 Å². The van der Waals surface area contributed by atoms with Crippen molar-refractivity contribution >= 4 is 28.8 Å². The molecule has 0 amide bonds. The molecular weight excluding hydrogens is 480 g/mol. The van der Waals surface area contributed by atoms with Crippen LogP contribution in [-0.2, 0) is 0 Å². The van der Waals surface area contributed by atoms with Gasteiger partial charge in [0, 0.05) is 11.1 Å². The van der Waals surface area contributed by atoms with Crippen LogP contribution >= 0.6 is 11.3 Å². The van der Waals surface area contributed by atoms with Gasteiger partial charge in [0.05, 0.1) is 62.2 Å². The van der Waals surface area contributed by atoms with Gasteiger partial charge in [-0.2, -0.15) is 10.5 Å². The molecule has 1 atom stereocenters. The van der Waals surface area contributed by atoms with E-state index in [0.29, 0.717) is 43.3 Å². The molecule has 36 heavy (non-hydrogen) atoms. The normalized spacial score (nSPS) is 15.1. The van der Waals surface area contributed by atoms with Crippen LogP contribution in [0.1, 0.15) is 17.0 Å². The molecule has 10 heteroatoms.